The van der Waals surface area contributed by atoms with Gasteiger partial charge in [0.15, 0.2) is 0 Å². The van der Waals surface area contributed by atoms with Gasteiger partial charge in [0.25, 0.3) is 11.5 Å². The maximum atomic E-state index is 13.0. The van der Waals surface area contributed by atoms with E-state index in [1.54, 1.807) is 31.5 Å². The molecule has 0 aromatic carbocycles. The Kier molecular flexibility index (Phi) is 4.04. The number of carbonyl (C=O) groups excluding carboxylic acids is 1. The van der Waals surface area contributed by atoms with Gasteiger partial charge in [-0.3, -0.25) is 19.5 Å². The van der Waals surface area contributed by atoms with Crippen molar-refractivity contribution < 1.29 is 4.79 Å². The van der Waals surface area contributed by atoms with Crippen LogP contribution >= 0.6 is 0 Å². The Labute approximate surface area is 161 Å². The molecule has 0 unspecified atom stereocenters. The van der Waals surface area contributed by atoms with Gasteiger partial charge in [0.2, 0.25) is 5.95 Å². The van der Waals surface area contributed by atoms with Crippen molar-refractivity contribution in [3.8, 4) is 5.95 Å². The summed E-state index contributed by atoms with van der Waals surface area (Å²) in [5.41, 5.74) is 1.39. The van der Waals surface area contributed by atoms with E-state index in [1.165, 1.54) is 28.5 Å². The van der Waals surface area contributed by atoms with E-state index >= 15 is 0 Å². The minimum atomic E-state index is -0.247. The van der Waals surface area contributed by atoms with Crippen molar-refractivity contribution in [1.29, 1.82) is 0 Å². The van der Waals surface area contributed by atoms with Gasteiger partial charge in [0.1, 0.15) is 5.52 Å². The summed E-state index contributed by atoms with van der Waals surface area (Å²) in [5.74, 6) is 0.270. The lowest BCUT2D eigenvalue weighted by Gasteiger charge is -2.42. The molecule has 146 valence electrons. The predicted octanol–water partition coefficient (Wildman–Crippen LogP) is 0.827. The zero-order valence-corrected chi connectivity index (χ0v) is 15.8. The summed E-state index contributed by atoms with van der Waals surface area (Å²) >= 11 is 0. The lowest BCUT2D eigenvalue weighted by atomic mass is 9.91. The number of piperazine rings is 1. The molecule has 0 bridgehead atoms. The number of carbonyl (C=O) groups is 1. The maximum absolute atomic E-state index is 13.0. The standard InChI is InChI=1S/C19H23N7O2/c1-13-15(18(28)24-10-8-23(9-11-24)14-4-2-5-14)12-26(21-13)19-20-17(27)16-6-3-7-25(16)22-19/h3,6-7,12,14H,2,4-5,8-11H2,1H3,(H,20,22,27). The first-order chi connectivity index (χ1) is 13.6. The molecular weight excluding hydrogens is 358 g/mol. The van der Waals surface area contributed by atoms with Crippen LogP contribution in [0.1, 0.15) is 35.3 Å². The highest BCUT2D eigenvalue weighted by Gasteiger charge is 2.30. The van der Waals surface area contributed by atoms with Gasteiger partial charge in [-0.15, -0.1) is 5.10 Å². The molecule has 9 nitrogen and oxygen atoms in total. The predicted molar refractivity (Wildman–Crippen MR) is 103 cm³/mol. The summed E-state index contributed by atoms with van der Waals surface area (Å²) in [6.45, 7) is 5.15. The number of aromatic nitrogens is 5. The second-order valence-corrected chi connectivity index (χ2v) is 7.60. The largest absolute Gasteiger partial charge is 0.336 e. The quantitative estimate of drug-likeness (QED) is 0.726. The summed E-state index contributed by atoms with van der Waals surface area (Å²) < 4.78 is 2.97. The molecule has 1 saturated carbocycles. The molecule has 0 spiro atoms. The van der Waals surface area contributed by atoms with Crippen molar-refractivity contribution in [2.45, 2.75) is 32.2 Å². The van der Waals surface area contributed by atoms with Gasteiger partial charge in [-0.2, -0.15) is 5.10 Å². The Morgan fingerprint density at radius 2 is 1.96 bits per heavy atom. The van der Waals surface area contributed by atoms with Crippen molar-refractivity contribution >= 4 is 11.4 Å². The van der Waals surface area contributed by atoms with Crippen molar-refractivity contribution in [1.82, 2.24) is 34.2 Å². The van der Waals surface area contributed by atoms with Crippen molar-refractivity contribution in [2.24, 2.45) is 0 Å². The highest BCUT2D eigenvalue weighted by atomic mass is 16.2. The number of aryl methyl sites for hydroxylation is 1. The molecule has 2 aliphatic rings. The Bertz CT molecular complexity index is 1080. The van der Waals surface area contributed by atoms with Gasteiger partial charge in [0.05, 0.1) is 11.3 Å². The van der Waals surface area contributed by atoms with Gasteiger partial charge in [0, 0.05) is 44.6 Å². The highest BCUT2D eigenvalue weighted by molar-refractivity contribution is 5.95. The number of H-pyrrole nitrogens is 1. The van der Waals surface area contributed by atoms with Gasteiger partial charge in [-0.25, -0.2) is 9.20 Å². The third-order valence-electron chi connectivity index (χ3n) is 5.93. The summed E-state index contributed by atoms with van der Waals surface area (Å²) in [6.07, 6.45) is 7.27. The minimum absolute atomic E-state index is 0.0126. The molecule has 0 atom stereocenters. The summed E-state index contributed by atoms with van der Waals surface area (Å²) in [7, 11) is 0. The fourth-order valence-corrected chi connectivity index (χ4v) is 4.03. The van der Waals surface area contributed by atoms with E-state index in [9.17, 15) is 9.59 Å². The lowest BCUT2D eigenvalue weighted by molar-refractivity contribution is 0.0455. The molecule has 1 N–H and O–H groups in total. The second-order valence-electron chi connectivity index (χ2n) is 7.60. The van der Waals surface area contributed by atoms with Crippen molar-refractivity contribution in [3.05, 3.63) is 46.1 Å². The first kappa shape index (κ1) is 17.2. The molecule has 3 aromatic rings. The molecule has 1 amide bonds. The molecule has 1 saturated heterocycles. The topological polar surface area (TPSA) is 91.5 Å². The number of fused-ring (bicyclic) bond motifs is 1. The number of nitrogens with zero attached hydrogens (tertiary/aromatic N) is 6. The monoisotopic (exact) mass is 381 g/mol. The van der Waals surface area contributed by atoms with E-state index in [0.29, 0.717) is 22.8 Å². The lowest BCUT2D eigenvalue weighted by Crippen LogP contribution is -2.53. The van der Waals surface area contributed by atoms with Crippen LogP contribution in [-0.4, -0.2) is 72.3 Å². The Morgan fingerprint density at radius 3 is 2.68 bits per heavy atom. The van der Waals surface area contributed by atoms with E-state index in [4.69, 9.17) is 0 Å². The molecule has 1 aliphatic heterocycles. The first-order valence-electron chi connectivity index (χ1n) is 9.78. The van der Waals surface area contributed by atoms with E-state index in [1.807, 2.05) is 4.90 Å². The van der Waals surface area contributed by atoms with Crippen LogP contribution in [0.4, 0.5) is 0 Å². The smallest absolute Gasteiger partial charge is 0.276 e. The van der Waals surface area contributed by atoms with Crippen molar-refractivity contribution in [3.63, 3.8) is 0 Å². The number of hydrogen-bond donors (Lipinski definition) is 1. The average molecular weight is 381 g/mol. The van der Waals surface area contributed by atoms with Crippen LogP contribution in [-0.2, 0) is 0 Å². The zero-order chi connectivity index (χ0) is 19.3. The molecule has 9 heteroatoms. The fourth-order valence-electron chi connectivity index (χ4n) is 4.03. The van der Waals surface area contributed by atoms with Crippen LogP contribution in [0.25, 0.3) is 11.5 Å². The van der Waals surface area contributed by atoms with E-state index in [2.05, 4.69) is 20.1 Å². The van der Waals surface area contributed by atoms with Crippen molar-refractivity contribution in [2.75, 3.05) is 26.2 Å². The first-order valence-corrected chi connectivity index (χ1v) is 9.78. The Morgan fingerprint density at radius 1 is 1.18 bits per heavy atom. The molecule has 1 aliphatic carbocycles. The normalized spacial score (nSPS) is 18.5. The summed E-state index contributed by atoms with van der Waals surface area (Å²) in [5, 5.41) is 8.78. The van der Waals surface area contributed by atoms with E-state index in [0.717, 1.165) is 26.2 Å². The molecule has 3 aromatic heterocycles. The number of aromatic amines is 1. The number of amides is 1. The molecule has 4 heterocycles. The van der Waals surface area contributed by atoms with Gasteiger partial charge >= 0.3 is 0 Å². The third kappa shape index (κ3) is 2.82. The van der Waals surface area contributed by atoms with Gasteiger partial charge in [-0.1, -0.05) is 6.42 Å². The zero-order valence-electron chi connectivity index (χ0n) is 15.8. The maximum Gasteiger partial charge on any atom is 0.276 e. The van der Waals surface area contributed by atoms with Gasteiger partial charge in [-0.05, 0) is 31.9 Å². The molecule has 28 heavy (non-hydrogen) atoms. The third-order valence-corrected chi connectivity index (χ3v) is 5.93. The van der Waals surface area contributed by atoms with Crippen LogP contribution in [0.15, 0.2) is 29.3 Å². The Balaban J connectivity index is 1.37. The van der Waals surface area contributed by atoms with Crippen LogP contribution in [0.3, 0.4) is 0 Å². The van der Waals surface area contributed by atoms with E-state index in [-0.39, 0.29) is 17.4 Å². The second kappa shape index (κ2) is 6.59. The van der Waals surface area contributed by atoms with Crippen LogP contribution in [0.5, 0.6) is 0 Å². The summed E-state index contributed by atoms with van der Waals surface area (Å²) in [4.78, 5) is 32.3. The Hall–Kier alpha value is -2.94. The van der Waals surface area contributed by atoms with E-state index < -0.39 is 0 Å². The van der Waals surface area contributed by atoms with Crippen LogP contribution in [0.2, 0.25) is 0 Å². The molecule has 5 rings (SSSR count). The SMILES string of the molecule is Cc1nn(-c2nn3cccc3c(=O)[nH]2)cc1C(=O)N1CCN(C2CCC2)CC1. The minimum Gasteiger partial charge on any atom is -0.336 e. The average Bonchev–Trinajstić information content (AvgIpc) is 3.27. The van der Waals surface area contributed by atoms with Crippen LogP contribution < -0.4 is 5.56 Å². The highest BCUT2D eigenvalue weighted by Crippen LogP contribution is 2.26. The number of rotatable bonds is 3. The van der Waals surface area contributed by atoms with Crippen LogP contribution in [0, 0.1) is 6.92 Å². The number of hydrogen-bond acceptors (Lipinski definition) is 5. The molecule has 0 radical (unpaired) electrons. The van der Waals surface area contributed by atoms with Gasteiger partial charge < -0.3 is 4.90 Å². The number of nitrogens with one attached hydrogen (secondary N) is 1. The molecule has 2 fully saturated rings. The molecular formula is C19H23N7O2. The summed E-state index contributed by atoms with van der Waals surface area (Å²) in [6, 6.07) is 4.17. The fraction of sp³-hybridized carbons (Fsp3) is 0.474.